The Morgan fingerprint density at radius 2 is 2.07 bits per heavy atom. The molecule has 0 atom stereocenters. The van der Waals surface area contributed by atoms with E-state index < -0.39 is 0 Å². The molecule has 82 valence electrons. The third-order valence-electron chi connectivity index (χ3n) is 1.40. The van der Waals surface area contributed by atoms with Crippen LogP contribution in [0.3, 0.4) is 0 Å². The van der Waals surface area contributed by atoms with Crippen molar-refractivity contribution in [1.82, 2.24) is 0 Å². The molecule has 0 heterocycles. The van der Waals surface area contributed by atoms with Gasteiger partial charge in [-0.15, -0.1) is 0 Å². The van der Waals surface area contributed by atoms with Crippen LogP contribution in [0.1, 0.15) is 20.8 Å². The normalized spacial score (nSPS) is 9.33. The number of nitrogens with zero attached hydrogens (tertiary/aromatic N) is 3. The number of hydrogen-bond donors (Lipinski definition) is 0. The molecule has 4 heteroatoms. The van der Waals surface area contributed by atoms with Crippen molar-refractivity contribution >= 4 is 18.6 Å². The van der Waals surface area contributed by atoms with E-state index in [1.54, 1.807) is 25.3 Å². The monoisotopic (exact) mass is 209 g/mol. The molecular weight excluding hydrogens is 193 g/mol. The standard InChI is InChI=1S/C9H10FN3.C2H6/c1-3-12-13(11-2)9-6-4-5-8(10)7-9;1-2/h3-7H,2H2,1H3;1-2H3/b12-3-;. The Morgan fingerprint density at radius 3 is 2.53 bits per heavy atom. The lowest BCUT2D eigenvalue weighted by molar-refractivity contribution is 0.627. The van der Waals surface area contributed by atoms with Gasteiger partial charge in [0.15, 0.2) is 0 Å². The van der Waals surface area contributed by atoms with Gasteiger partial charge in [-0.1, -0.05) is 19.9 Å². The van der Waals surface area contributed by atoms with Crippen LogP contribution >= 0.6 is 0 Å². The molecule has 0 aromatic heterocycles. The number of hydrogen-bond acceptors (Lipinski definition) is 3. The second-order valence-corrected chi connectivity index (χ2v) is 2.28. The van der Waals surface area contributed by atoms with Gasteiger partial charge in [0.1, 0.15) is 5.82 Å². The van der Waals surface area contributed by atoms with Crippen molar-refractivity contribution in [3.05, 3.63) is 30.1 Å². The molecular formula is C11H16FN3. The minimum Gasteiger partial charge on any atom is -0.207 e. The molecule has 3 nitrogen and oxygen atoms in total. The molecule has 0 aliphatic rings. The van der Waals surface area contributed by atoms with Crippen LogP contribution in [0.15, 0.2) is 34.5 Å². The molecule has 0 amide bonds. The maximum atomic E-state index is 12.8. The number of rotatable bonds is 3. The largest absolute Gasteiger partial charge is 0.207 e. The Labute approximate surface area is 89.9 Å². The quantitative estimate of drug-likeness (QED) is 0.554. The minimum absolute atomic E-state index is 0.322. The lowest BCUT2D eigenvalue weighted by Gasteiger charge is -2.10. The molecule has 1 aromatic carbocycles. The summed E-state index contributed by atoms with van der Waals surface area (Å²) in [5, 5.41) is 8.73. The second-order valence-electron chi connectivity index (χ2n) is 2.28. The van der Waals surface area contributed by atoms with E-state index in [2.05, 4.69) is 16.9 Å². The van der Waals surface area contributed by atoms with E-state index in [1.807, 2.05) is 13.8 Å². The Bertz CT molecular complexity index is 323. The van der Waals surface area contributed by atoms with Crippen molar-refractivity contribution in [2.75, 3.05) is 5.12 Å². The van der Waals surface area contributed by atoms with E-state index in [4.69, 9.17) is 0 Å². The summed E-state index contributed by atoms with van der Waals surface area (Å²) in [6, 6.07) is 5.99. The van der Waals surface area contributed by atoms with Crippen LogP contribution in [0.4, 0.5) is 10.1 Å². The zero-order valence-electron chi connectivity index (χ0n) is 9.31. The molecule has 0 bridgehead atoms. The van der Waals surface area contributed by atoms with E-state index in [0.29, 0.717) is 5.69 Å². The minimum atomic E-state index is -0.322. The maximum Gasteiger partial charge on any atom is 0.125 e. The van der Waals surface area contributed by atoms with Gasteiger partial charge in [-0.2, -0.15) is 15.3 Å². The summed E-state index contributed by atoms with van der Waals surface area (Å²) in [5.41, 5.74) is 0.549. The molecule has 0 spiro atoms. The van der Waals surface area contributed by atoms with Gasteiger partial charge in [0, 0.05) is 19.0 Å². The van der Waals surface area contributed by atoms with Crippen molar-refractivity contribution in [3.63, 3.8) is 0 Å². The summed E-state index contributed by atoms with van der Waals surface area (Å²) >= 11 is 0. The van der Waals surface area contributed by atoms with Crippen molar-refractivity contribution in [2.45, 2.75) is 20.8 Å². The SMILES string of the molecule is C=NN(/N=C\C)c1cccc(F)c1.CC. The average molecular weight is 209 g/mol. The number of benzene rings is 1. The molecule has 0 aliphatic heterocycles. The fourth-order valence-corrected chi connectivity index (χ4v) is 0.895. The molecule has 0 saturated carbocycles. The fraction of sp³-hybridized carbons (Fsp3) is 0.273. The lowest BCUT2D eigenvalue weighted by atomic mass is 10.3. The van der Waals surface area contributed by atoms with Gasteiger partial charge in [-0.05, 0) is 19.1 Å². The van der Waals surface area contributed by atoms with Crippen LogP contribution in [0, 0.1) is 5.82 Å². The summed E-state index contributed by atoms with van der Waals surface area (Å²) in [6.45, 7) is 9.07. The van der Waals surface area contributed by atoms with Gasteiger partial charge in [-0.3, -0.25) is 0 Å². The summed E-state index contributed by atoms with van der Waals surface area (Å²) in [4.78, 5) is 0. The maximum absolute atomic E-state index is 12.8. The van der Waals surface area contributed by atoms with Crippen molar-refractivity contribution in [1.29, 1.82) is 0 Å². The average Bonchev–Trinajstić information content (AvgIpc) is 2.28. The van der Waals surface area contributed by atoms with Gasteiger partial charge >= 0.3 is 0 Å². The van der Waals surface area contributed by atoms with Gasteiger partial charge < -0.3 is 0 Å². The van der Waals surface area contributed by atoms with Crippen LogP contribution in [0.2, 0.25) is 0 Å². The highest BCUT2D eigenvalue weighted by Gasteiger charge is 2.01. The van der Waals surface area contributed by atoms with Gasteiger partial charge in [0.2, 0.25) is 0 Å². The first-order valence-corrected chi connectivity index (χ1v) is 4.79. The topological polar surface area (TPSA) is 28.0 Å². The van der Waals surface area contributed by atoms with Crippen molar-refractivity contribution in [2.24, 2.45) is 10.2 Å². The van der Waals surface area contributed by atoms with Crippen LogP contribution in [-0.4, -0.2) is 12.9 Å². The van der Waals surface area contributed by atoms with Crippen molar-refractivity contribution in [3.8, 4) is 0 Å². The third kappa shape index (κ3) is 4.35. The summed E-state index contributed by atoms with van der Waals surface area (Å²) in [6.07, 6.45) is 1.56. The summed E-state index contributed by atoms with van der Waals surface area (Å²) in [5.74, 6) is -0.322. The highest BCUT2D eigenvalue weighted by atomic mass is 19.1. The molecule has 0 aliphatic carbocycles. The Balaban J connectivity index is 0.000000921. The van der Waals surface area contributed by atoms with E-state index in [0.717, 1.165) is 0 Å². The molecule has 0 unspecified atom stereocenters. The third-order valence-corrected chi connectivity index (χ3v) is 1.40. The smallest absolute Gasteiger partial charge is 0.125 e. The van der Waals surface area contributed by atoms with Crippen LogP contribution in [0.5, 0.6) is 0 Å². The van der Waals surface area contributed by atoms with Gasteiger partial charge in [0.25, 0.3) is 0 Å². The molecule has 15 heavy (non-hydrogen) atoms. The molecule has 0 radical (unpaired) electrons. The van der Waals surface area contributed by atoms with E-state index in [-0.39, 0.29) is 5.82 Å². The number of halogens is 1. The first-order valence-electron chi connectivity index (χ1n) is 4.79. The lowest BCUT2D eigenvalue weighted by Crippen LogP contribution is -2.06. The Kier molecular flexibility index (Phi) is 6.80. The predicted molar refractivity (Wildman–Crippen MR) is 63.9 cm³/mol. The van der Waals surface area contributed by atoms with Crippen molar-refractivity contribution < 1.29 is 4.39 Å². The second kappa shape index (κ2) is 7.67. The predicted octanol–water partition coefficient (Wildman–Crippen LogP) is 3.28. The fourth-order valence-electron chi connectivity index (χ4n) is 0.895. The summed E-state index contributed by atoms with van der Waals surface area (Å²) in [7, 11) is 0. The highest BCUT2D eigenvalue weighted by Crippen LogP contribution is 2.15. The number of anilines is 1. The molecule has 1 rings (SSSR count). The van der Waals surface area contributed by atoms with E-state index in [9.17, 15) is 4.39 Å². The Morgan fingerprint density at radius 1 is 1.40 bits per heavy atom. The molecule has 0 saturated heterocycles. The molecule has 1 aromatic rings. The Hall–Kier alpha value is -1.71. The van der Waals surface area contributed by atoms with Crippen LogP contribution in [-0.2, 0) is 0 Å². The van der Waals surface area contributed by atoms with E-state index >= 15 is 0 Å². The zero-order valence-corrected chi connectivity index (χ0v) is 9.31. The zero-order chi connectivity index (χ0) is 11.7. The number of hydrazone groups is 2. The molecule has 0 fully saturated rings. The first kappa shape index (κ1) is 13.3. The first-order chi connectivity index (χ1) is 7.27. The highest BCUT2D eigenvalue weighted by molar-refractivity contribution is 5.57. The van der Waals surface area contributed by atoms with E-state index in [1.165, 1.54) is 17.3 Å². The van der Waals surface area contributed by atoms with Crippen LogP contribution < -0.4 is 5.12 Å². The van der Waals surface area contributed by atoms with Gasteiger partial charge in [-0.25, -0.2) is 4.39 Å². The molecule has 0 N–H and O–H groups in total. The summed E-state index contributed by atoms with van der Waals surface area (Å²) < 4.78 is 12.8. The van der Waals surface area contributed by atoms with Crippen LogP contribution in [0.25, 0.3) is 0 Å². The van der Waals surface area contributed by atoms with Gasteiger partial charge in [0.05, 0.1) is 5.69 Å².